The van der Waals surface area contributed by atoms with Gasteiger partial charge in [0.25, 0.3) is 5.91 Å². The number of aromatic nitrogens is 2. The molecule has 3 heterocycles. The number of halogens is 3. The van der Waals surface area contributed by atoms with Crippen LogP contribution in [0, 0.1) is 6.92 Å². The Bertz CT molecular complexity index is 1040. The molecule has 0 saturated heterocycles. The molecular formula is C19H17F3N4O3. The minimum atomic E-state index is -4.56. The molecule has 0 saturated carbocycles. The molecular weight excluding hydrogens is 389 g/mol. The molecule has 0 bridgehead atoms. The van der Waals surface area contributed by atoms with Crippen molar-refractivity contribution in [2.75, 3.05) is 10.6 Å². The van der Waals surface area contributed by atoms with Gasteiger partial charge >= 0.3 is 6.18 Å². The van der Waals surface area contributed by atoms with Crippen molar-refractivity contribution in [1.29, 1.82) is 0 Å². The molecule has 1 aromatic carbocycles. The molecule has 1 aliphatic heterocycles. The van der Waals surface area contributed by atoms with Gasteiger partial charge in [0.2, 0.25) is 0 Å². The van der Waals surface area contributed by atoms with Gasteiger partial charge in [-0.15, -0.1) is 0 Å². The fourth-order valence-electron chi connectivity index (χ4n) is 3.34. The van der Waals surface area contributed by atoms with Gasteiger partial charge in [-0.05, 0) is 36.8 Å². The number of alkyl halides is 3. The summed E-state index contributed by atoms with van der Waals surface area (Å²) < 4.78 is 46.9. The lowest BCUT2D eigenvalue weighted by atomic mass is 10.0. The van der Waals surface area contributed by atoms with E-state index in [1.54, 1.807) is 31.2 Å². The number of carbonyl (C=O) groups is 1. The number of rotatable bonds is 3. The first-order chi connectivity index (χ1) is 13.7. The van der Waals surface area contributed by atoms with E-state index in [2.05, 4.69) is 15.7 Å². The minimum Gasteiger partial charge on any atom is -0.506 e. The van der Waals surface area contributed by atoms with Crippen LogP contribution in [-0.4, -0.2) is 27.0 Å². The van der Waals surface area contributed by atoms with Crippen molar-refractivity contribution in [1.82, 2.24) is 9.78 Å². The summed E-state index contributed by atoms with van der Waals surface area (Å²) >= 11 is 0. The number of furan rings is 1. The molecule has 1 amide bonds. The minimum absolute atomic E-state index is 0.0652. The average Bonchev–Trinajstić information content (AvgIpc) is 3.32. The number of amides is 1. The number of hydrogen-bond donors (Lipinski definition) is 3. The highest BCUT2D eigenvalue weighted by atomic mass is 19.4. The number of aryl methyl sites for hydroxylation is 1. The molecule has 1 aliphatic rings. The molecule has 0 fully saturated rings. The molecule has 10 heteroatoms. The standard InChI is InChI=1S/C19H17F3N4O3/c1-10-4-5-14(27)12(7-10)25-18(28)11-9-23-26-16(19(20,21)22)8-13(24-17(11)26)15-3-2-6-29-15/h2-7,9,13,16,24,27H,8H2,1H3,(H,25,28)/t13-,16+/m0/s1. The second-order valence-electron chi connectivity index (χ2n) is 6.83. The van der Waals surface area contributed by atoms with E-state index in [0.717, 1.165) is 16.4 Å². The first kappa shape index (κ1) is 18.9. The van der Waals surface area contributed by atoms with Gasteiger partial charge in [-0.25, -0.2) is 4.68 Å². The number of benzene rings is 1. The van der Waals surface area contributed by atoms with Gasteiger partial charge in [0.15, 0.2) is 6.04 Å². The Hall–Kier alpha value is -3.43. The molecule has 7 nitrogen and oxygen atoms in total. The number of carbonyl (C=O) groups excluding carboxylic acids is 1. The van der Waals surface area contributed by atoms with Crippen molar-refractivity contribution in [2.24, 2.45) is 0 Å². The van der Waals surface area contributed by atoms with Gasteiger partial charge < -0.3 is 20.2 Å². The highest BCUT2D eigenvalue weighted by Gasteiger charge is 2.47. The summed E-state index contributed by atoms with van der Waals surface area (Å²) in [6.45, 7) is 1.78. The number of anilines is 2. The number of phenols is 1. The van der Waals surface area contributed by atoms with Gasteiger partial charge in [-0.2, -0.15) is 18.3 Å². The number of aromatic hydroxyl groups is 1. The Morgan fingerprint density at radius 3 is 2.86 bits per heavy atom. The highest BCUT2D eigenvalue weighted by molar-refractivity contribution is 6.08. The molecule has 29 heavy (non-hydrogen) atoms. The summed E-state index contributed by atoms with van der Waals surface area (Å²) in [5, 5.41) is 19.2. The van der Waals surface area contributed by atoms with Crippen LogP contribution < -0.4 is 10.6 Å². The number of fused-ring (bicyclic) bond motifs is 1. The monoisotopic (exact) mass is 406 g/mol. The second kappa shape index (κ2) is 6.87. The van der Waals surface area contributed by atoms with Crippen LogP contribution >= 0.6 is 0 Å². The summed E-state index contributed by atoms with van der Waals surface area (Å²) in [6.07, 6.45) is -2.44. The SMILES string of the molecule is Cc1ccc(O)c(NC(=O)c2cnn3c2N[C@H](c2ccco2)C[C@@H]3C(F)(F)F)c1. The van der Waals surface area contributed by atoms with Crippen molar-refractivity contribution in [3.63, 3.8) is 0 Å². The number of hydrogen-bond acceptors (Lipinski definition) is 5. The molecule has 2 aromatic heterocycles. The van der Waals surface area contributed by atoms with Crippen molar-refractivity contribution >= 4 is 17.4 Å². The van der Waals surface area contributed by atoms with E-state index in [-0.39, 0.29) is 29.2 Å². The molecule has 3 aromatic rings. The number of nitrogens with zero attached hydrogens (tertiary/aromatic N) is 2. The van der Waals surface area contributed by atoms with Gasteiger partial charge in [0, 0.05) is 6.42 Å². The van der Waals surface area contributed by atoms with Crippen LogP contribution in [0.4, 0.5) is 24.7 Å². The fraction of sp³-hybridized carbons (Fsp3) is 0.263. The van der Waals surface area contributed by atoms with E-state index in [9.17, 15) is 23.1 Å². The van der Waals surface area contributed by atoms with Gasteiger partial charge in [-0.1, -0.05) is 6.07 Å². The highest BCUT2D eigenvalue weighted by Crippen LogP contribution is 2.44. The first-order valence-electron chi connectivity index (χ1n) is 8.79. The van der Waals surface area contributed by atoms with Crippen molar-refractivity contribution in [2.45, 2.75) is 31.6 Å². The molecule has 0 unspecified atom stereocenters. The Labute approximate surface area is 163 Å². The zero-order valence-electron chi connectivity index (χ0n) is 15.2. The van der Waals surface area contributed by atoms with Crippen LogP contribution in [0.15, 0.2) is 47.2 Å². The van der Waals surface area contributed by atoms with E-state index < -0.39 is 24.2 Å². The molecule has 2 atom stereocenters. The smallest absolute Gasteiger partial charge is 0.410 e. The van der Waals surface area contributed by atoms with Crippen molar-refractivity contribution < 1.29 is 27.5 Å². The summed E-state index contributed by atoms with van der Waals surface area (Å²) in [5.41, 5.74) is 0.875. The number of phenolic OH excluding ortho intramolecular Hbond substituents is 1. The maximum absolute atomic E-state index is 13.6. The lowest BCUT2D eigenvalue weighted by Gasteiger charge is -2.32. The van der Waals surface area contributed by atoms with Crippen LogP contribution in [0.25, 0.3) is 0 Å². The molecule has 0 spiro atoms. The normalized spacial score (nSPS) is 18.8. The van der Waals surface area contributed by atoms with Crippen LogP contribution in [-0.2, 0) is 0 Å². The van der Waals surface area contributed by atoms with Crippen LogP contribution in [0.3, 0.4) is 0 Å². The largest absolute Gasteiger partial charge is 0.506 e. The number of nitrogens with one attached hydrogen (secondary N) is 2. The van der Waals surface area contributed by atoms with Crippen LogP contribution in [0.2, 0.25) is 0 Å². The maximum Gasteiger partial charge on any atom is 0.410 e. The van der Waals surface area contributed by atoms with Gasteiger partial charge in [-0.3, -0.25) is 4.79 Å². The Morgan fingerprint density at radius 2 is 2.17 bits per heavy atom. The predicted octanol–water partition coefficient (Wildman–Crippen LogP) is 4.40. The predicted molar refractivity (Wildman–Crippen MR) is 97.8 cm³/mol. The molecule has 0 radical (unpaired) electrons. The molecule has 152 valence electrons. The van der Waals surface area contributed by atoms with E-state index in [1.165, 1.54) is 12.3 Å². The zero-order valence-corrected chi connectivity index (χ0v) is 15.2. The van der Waals surface area contributed by atoms with Crippen LogP contribution in [0.1, 0.15) is 40.2 Å². The lowest BCUT2D eigenvalue weighted by molar-refractivity contribution is -0.174. The van der Waals surface area contributed by atoms with Crippen molar-refractivity contribution in [3.8, 4) is 5.75 Å². The Morgan fingerprint density at radius 1 is 1.38 bits per heavy atom. The topological polar surface area (TPSA) is 92.3 Å². The quantitative estimate of drug-likeness (QED) is 0.561. The van der Waals surface area contributed by atoms with Gasteiger partial charge in [0.05, 0.1) is 24.2 Å². The summed E-state index contributed by atoms with van der Waals surface area (Å²) in [4.78, 5) is 12.7. The summed E-state index contributed by atoms with van der Waals surface area (Å²) in [5.74, 6) is -0.584. The lowest BCUT2D eigenvalue weighted by Crippen LogP contribution is -2.36. The van der Waals surface area contributed by atoms with E-state index in [1.807, 2.05) is 0 Å². The van der Waals surface area contributed by atoms with E-state index in [4.69, 9.17) is 4.42 Å². The van der Waals surface area contributed by atoms with Crippen molar-refractivity contribution in [3.05, 3.63) is 59.7 Å². The molecule has 4 rings (SSSR count). The maximum atomic E-state index is 13.6. The third-order valence-electron chi connectivity index (χ3n) is 4.77. The van der Waals surface area contributed by atoms with E-state index in [0.29, 0.717) is 5.76 Å². The first-order valence-corrected chi connectivity index (χ1v) is 8.79. The summed E-state index contributed by atoms with van der Waals surface area (Å²) in [7, 11) is 0. The zero-order chi connectivity index (χ0) is 20.8. The fourth-order valence-corrected chi connectivity index (χ4v) is 3.34. The third kappa shape index (κ3) is 3.53. The Balaban J connectivity index is 1.70. The van der Waals surface area contributed by atoms with Crippen LogP contribution in [0.5, 0.6) is 5.75 Å². The average molecular weight is 406 g/mol. The molecule has 3 N–H and O–H groups in total. The van der Waals surface area contributed by atoms with E-state index >= 15 is 0 Å². The third-order valence-corrected chi connectivity index (χ3v) is 4.77. The Kier molecular flexibility index (Phi) is 4.48. The second-order valence-corrected chi connectivity index (χ2v) is 6.83. The summed E-state index contributed by atoms with van der Waals surface area (Å²) in [6, 6.07) is 5.10. The van der Waals surface area contributed by atoms with Gasteiger partial charge in [0.1, 0.15) is 22.9 Å². The molecule has 0 aliphatic carbocycles.